The van der Waals surface area contributed by atoms with Gasteiger partial charge in [0, 0.05) is 5.56 Å². The van der Waals surface area contributed by atoms with Gasteiger partial charge in [0.15, 0.2) is 0 Å². The summed E-state index contributed by atoms with van der Waals surface area (Å²) < 4.78 is 40.1. The minimum absolute atomic E-state index is 0.154. The number of alkyl halides is 3. The van der Waals surface area contributed by atoms with Crippen molar-refractivity contribution in [1.29, 1.82) is 0 Å². The summed E-state index contributed by atoms with van der Waals surface area (Å²) >= 11 is 0. The normalized spacial score (nSPS) is 11.6. The summed E-state index contributed by atoms with van der Waals surface area (Å²) in [5.41, 5.74) is 1.26. The molecular formula is C9H12F3N3O2. The number of rotatable bonds is 4. The number of nitrogens with one attached hydrogen (secondary N) is 2. The monoisotopic (exact) mass is 251 g/mol. The van der Waals surface area contributed by atoms with Crippen molar-refractivity contribution < 1.29 is 22.5 Å². The van der Waals surface area contributed by atoms with Crippen LogP contribution in [0.4, 0.5) is 19.1 Å². The highest BCUT2D eigenvalue weighted by Crippen LogP contribution is 2.17. The Morgan fingerprint density at radius 1 is 1.41 bits per heavy atom. The smallest absolute Gasteiger partial charge is 0.338 e. The molecule has 96 valence electrons. The molecule has 1 rings (SSSR count). The van der Waals surface area contributed by atoms with Crippen LogP contribution in [-0.2, 0) is 4.79 Å². The number of hydrogen-bond acceptors (Lipinski definition) is 4. The highest BCUT2D eigenvalue weighted by atomic mass is 19.4. The molecule has 0 saturated heterocycles. The minimum atomic E-state index is -4.33. The van der Waals surface area contributed by atoms with E-state index in [1.165, 1.54) is 0 Å². The molecule has 1 heterocycles. The van der Waals surface area contributed by atoms with Gasteiger partial charge in [-0.25, -0.2) is 0 Å². The van der Waals surface area contributed by atoms with Gasteiger partial charge in [-0.05, 0) is 13.8 Å². The lowest BCUT2D eigenvalue weighted by Gasteiger charge is -2.07. The predicted octanol–water partition coefficient (Wildman–Crippen LogP) is 1.38. The molecule has 8 heteroatoms. The van der Waals surface area contributed by atoms with Crippen LogP contribution in [0.15, 0.2) is 4.52 Å². The van der Waals surface area contributed by atoms with Crippen LogP contribution in [-0.4, -0.2) is 30.3 Å². The molecule has 0 spiro atoms. The minimum Gasteiger partial charge on any atom is -0.338 e. The molecule has 1 aromatic rings. The van der Waals surface area contributed by atoms with E-state index in [9.17, 15) is 18.0 Å². The SMILES string of the molecule is Cc1noc(NC(=O)CNCC(F)(F)F)c1C. The summed E-state index contributed by atoms with van der Waals surface area (Å²) in [5.74, 6) is -0.463. The first kappa shape index (κ1) is 13.5. The van der Waals surface area contributed by atoms with Crippen LogP contribution in [0.5, 0.6) is 0 Å². The van der Waals surface area contributed by atoms with Crippen LogP contribution in [0.2, 0.25) is 0 Å². The number of nitrogens with zero attached hydrogens (tertiary/aromatic N) is 1. The maximum absolute atomic E-state index is 11.8. The summed E-state index contributed by atoms with van der Waals surface area (Å²) in [7, 11) is 0. The molecule has 0 aliphatic rings. The fourth-order valence-electron chi connectivity index (χ4n) is 1.02. The Kier molecular flexibility index (Phi) is 4.11. The standard InChI is InChI=1S/C9H12F3N3O2/c1-5-6(2)15-17-8(5)14-7(16)3-13-4-9(10,11)12/h13H,3-4H2,1-2H3,(H,14,16). The highest BCUT2D eigenvalue weighted by Gasteiger charge is 2.26. The molecule has 0 unspecified atom stereocenters. The molecule has 0 saturated carbocycles. The Morgan fingerprint density at radius 3 is 2.53 bits per heavy atom. The Bertz CT molecular complexity index is 401. The largest absolute Gasteiger partial charge is 0.401 e. The fourth-order valence-corrected chi connectivity index (χ4v) is 1.02. The van der Waals surface area contributed by atoms with Gasteiger partial charge in [-0.15, -0.1) is 0 Å². The predicted molar refractivity (Wildman–Crippen MR) is 53.5 cm³/mol. The second kappa shape index (κ2) is 5.17. The zero-order chi connectivity index (χ0) is 13.1. The van der Waals surface area contributed by atoms with E-state index in [2.05, 4.69) is 10.5 Å². The molecule has 0 bridgehead atoms. The van der Waals surface area contributed by atoms with Gasteiger partial charge < -0.3 is 9.84 Å². The molecule has 17 heavy (non-hydrogen) atoms. The molecule has 0 aliphatic carbocycles. The number of carbonyl (C=O) groups excluding carboxylic acids is 1. The van der Waals surface area contributed by atoms with E-state index in [4.69, 9.17) is 4.52 Å². The van der Waals surface area contributed by atoms with Crippen LogP contribution in [0.25, 0.3) is 0 Å². The van der Waals surface area contributed by atoms with Gasteiger partial charge in [0.25, 0.3) is 0 Å². The second-order valence-electron chi connectivity index (χ2n) is 3.49. The Morgan fingerprint density at radius 2 is 2.06 bits per heavy atom. The van der Waals surface area contributed by atoms with Gasteiger partial charge in [0.05, 0.1) is 18.8 Å². The number of aromatic nitrogens is 1. The van der Waals surface area contributed by atoms with Gasteiger partial charge in [0.1, 0.15) is 0 Å². The molecule has 2 N–H and O–H groups in total. The third-order valence-electron chi connectivity index (χ3n) is 2.02. The molecule has 0 aromatic carbocycles. The van der Waals surface area contributed by atoms with Gasteiger partial charge in [-0.3, -0.25) is 10.1 Å². The van der Waals surface area contributed by atoms with Crippen LogP contribution < -0.4 is 10.6 Å². The maximum atomic E-state index is 11.8. The van der Waals surface area contributed by atoms with Crippen molar-refractivity contribution >= 4 is 11.8 Å². The van der Waals surface area contributed by atoms with Gasteiger partial charge >= 0.3 is 6.18 Å². The molecular weight excluding hydrogens is 239 g/mol. The van der Waals surface area contributed by atoms with Crippen LogP contribution in [0.3, 0.4) is 0 Å². The van der Waals surface area contributed by atoms with E-state index in [1.807, 2.05) is 5.32 Å². The lowest BCUT2D eigenvalue weighted by Crippen LogP contribution is -2.35. The van der Waals surface area contributed by atoms with Crippen LogP contribution in [0.1, 0.15) is 11.3 Å². The molecule has 1 amide bonds. The summed E-state index contributed by atoms with van der Waals surface area (Å²) in [4.78, 5) is 11.2. The number of carbonyl (C=O) groups is 1. The summed E-state index contributed by atoms with van der Waals surface area (Å²) in [6.07, 6.45) is -4.33. The summed E-state index contributed by atoms with van der Waals surface area (Å²) in [6, 6.07) is 0. The molecule has 0 aliphatic heterocycles. The van der Waals surface area contributed by atoms with E-state index in [1.54, 1.807) is 13.8 Å². The van der Waals surface area contributed by atoms with Crippen molar-refractivity contribution in [2.75, 3.05) is 18.4 Å². The number of aryl methyl sites for hydroxylation is 1. The van der Waals surface area contributed by atoms with Gasteiger partial charge in [-0.2, -0.15) is 13.2 Å². The van der Waals surface area contributed by atoms with E-state index in [0.29, 0.717) is 11.3 Å². The first-order valence-corrected chi connectivity index (χ1v) is 4.80. The Balaban J connectivity index is 2.38. The van der Waals surface area contributed by atoms with Crippen molar-refractivity contribution in [2.24, 2.45) is 0 Å². The van der Waals surface area contributed by atoms with Gasteiger partial charge in [-0.1, -0.05) is 5.16 Å². The third-order valence-corrected chi connectivity index (χ3v) is 2.02. The van der Waals surface area contributed by atoms with Crippen molar-refractivity contribution in [2.45, 2.75) is 20.0 Å². The first-order chi connectivity index (χ1) is 7.79. The quantitative estimate of drug-likeness (QED) is 0.848. The Hall–Kier alpha value is -1.57. The van der Waals surface area contributed by atoms with Crippen molar-refractivity contribution in [3.8, 4) is 0 Å². The average molecular weight is 251 g/mol. The van der Waals surface area contributed by atoms with E-state index in [0.717, 1.165) is 0 Å². The second-order valence-corrected chi connectivity index (χ2v) is 3.49. The third kappa shape index (κ3) is 4.43. The Labute approximate surface area is 95.3 Å². The van der Waals surface area contributed by atoms with Crippen LogP contribution >= 0.6 is 0 Å². The molecule has 5 nitrogen and oxygen atoms in total. The fraction of sp³-hybridized carbons (Fsp3) is 0.556. The van der Waals surface area contributed by atoms with Crippen molar-refractivity contribution in [3.63, 3.8) is 0 Å². The molecule has 0 radical (unpaired) electrons. The molecule has 0 atom stereocenters. The highest BCUT2D eigenvalue weighted by molar-refractivity contribution is 5.91. The lowest BCUT2D eigenvalue weighted by molar-refractivity contribution is -0.127. The molecule has 0 fully saturated rings. The number of halogens is 3. The van der Waals surface area contributed by atoms with E-state index < -0.39 is 25.2 Å². The van der Waals surface area contributed by atoms with E-state index in [-0.39, 0.29) is 5.88 Å². The summed E-state index contributed by atoms with van der Waals surface area (Å²) in [5, 5.41) is 7.89. The number of amides is 1. The van der Waals surface area contributed by atoms with Crippen LogP contribution in [0, 0.1) is 13.8 Å². The van der Waals surface area contributed by atoms with Crippen molar-refractivity contribution in [1.82, 2.24) is 10.5 Å². The topological polar surface area (TPSA) is 67.2 Å². The molecule has 1 aromatic heterocycles. The number of anilines is 1. The maximum Gasteiger partial charge on any atom is 0.401 e. The average Bonchev–Trinajstić information content (AvgIpc) is 2.47. The van der Waals surface area contributed by atoms with E-state index >= 15 is 0 Å². The first-order valence-electron chi connectivity index (χ1n) is 4.80. The number of hydrogen-bond donors (Lipinski definition) is 2. The van der Waals surface area contributed by atoms with Gasteiger partial charge in [0.2, 0.25) is 11.8 Å². The lowest BCUT2D eigenvalue weighted by atomic mass is 10.3. The van der Waals surface area contributed by atoms with Crippen molar-refractivity contribution in [3.05, 3.63) is 11.3 Å². The zero-order valence-corrected chi connectivity index (χ0v) is 9.31. The summed E-state index contributed by atoms with van der Waals surface area (Å²) in [6.45, 7) is 1.72. The zero-order valence-electron chi connectivity index (χ0n) is 9.31.